The smallest absolute Gasteiger partial charge is 0.320 e. The average molecular weight is 142 g/mol. The van der Waals surface area contributed by atoms with Gasteiger partial charge in [0.25, 0.3) is 0 Å². The first-order valence-electron chi connectivity index (χ1n) is 3.33. The molecule has 0 radical (unpaired) electrons. The number of hydrogen-bond acceptors (Lipinski definition) is 3. The van der Waals surface area contributed by atoms with Gasteiger partial charge in [-0.1, -0.05) is 6.92 Å². The van der Waals surface area contributed by atoms with Crippen molar-refractivity contribution < 1.29 is 14.3 Å². The van der Waals surface area contributed by atoms with E-state index in [9.17, 15) is 9.59 Å². The first-order valence-corrected chi connectivity index (χ1v) is 3.33. The van der Waals surface area contributed by atoms with Crippen molar-refractivity contribution >= 4 is 11.9 Å². The fourth-order valence-electron chi connectivity index (χ4n) is 0.923. The maximum absolute atomic E-state index is 10.9. The molecule has 0 aromatic carbocycles. The number of rotatable bonds is 1. The standard InChI is InChI=1S/C7H10O3/c1-3-7(2)4-5(8)10-6(7)9/h3-4H2,1-2H3. The minimum Gasteiger partial charge on any atom is -0.393 e. The molecule has 0 aromatic rings. The molecule has 3 heteroatoms. The molecule has 3 nitrogen and oxygen atoms in total. The monoisotopic (exact) mass is 142 g/mol. The second-order valence-corrected chi connectivity index (χ2v) is 2.85. The number of cyclic esters (lactones) is 2. The van der Waals surface area contributed by atoms with Gasteiger partial charge < -0.3 is 4.74 Å². The first kappa shape index (κ1) is 7.25. The molecule has 56 valence electrons. The normalized spacial score (nSPS) is 32.6. The van der Waals surface area contributed by atoms with Crippen LogP contribution in [0.1, 0.15) is 26.7 Å². The summed E-state index contributed by atoms with van der Waals surface area (Å²) in [6.07, 6.45) is 0.903. The third kappa shape index (κ3) is 0.916. The molecule has 1 heterocycles. The summed E-state index contributed by atoms with van der Waals surface area (Å²) in [4.78, 5) is 21.5. The van der Waals surface area contributed by atoms with Crippen molar-refractivity contribution in [1.29, 1.82) is 0 Å². The Balaban J connectivity index is 2.80. The number of hydrogen-bond donors (Lipinski definition) is 0. The van der Waals surface area contributed by atoms with Crippen LogP contribution in [0.3, 0.4) is 0 Å². The van der Waals surface area contributed by atoms with E-state index in [0.717, 1.165) is 0 Å². The summed E-state index contributed by atoms with van der Waals surface area (Å²) in [6, 6.07) is 0. The molecule has 10 heavy (non-hydrogen) atoms. The molecule has 1 unspecified atom stereocenters. The molecular weight excluding hydrogens is 132 g/mol. The predicted octanol–water partition coefficient (Wildman–Crippen LogP) is 0.876. The molecule has 1 fully saturated rings. The summed E-state index contributed by atoms with van der Waals surface area (Å²) in [5.41, 5.74) is -0.545. The second kappa shape index (κ2) is 2.08. The van der Waals surface area contributed by atoms with Gasteiger partial charge in [-0.15, -0.1) is 0 Å². The number of ether oxygens (including phenoxy) is 1. The zero-order valence-electron chi connectivity index (χ0n) is 6.14. The van der Waals surface area contributed by atoms with Gasteiger partial charge in [-0.05, 0) is 13.3 Å². The predicted molar refractivity (Wildman–Crippen MR) is 34.1 cm³/mol. The zero-order valence-corrected chi connectivity index (χ0v) is 6.14. The fourth-order valence-corrected chi connectivity index (χ4v) is 0.923. The lowest BCUT2D eigenvalue weighted by molar-refractivity contribution is -0.154. The Labute approximate surface area is 59.4 Å². The van der Waals surface area contributed by atoms with Gasteiger partial charge in [-0.3, -0.25) is 9.59 Å². The van der Waals surface area contributed by atoms with Crippen LogP contribution < -0.4 is 0 Å². The molecule has 0 saturated carbocycles. The van der Waals surface area contributed by atoms with Crippen LogP contribution in [0.5, 0.6) is 0 Å². The topological polar surface area (TPSA) is 43.4 Å². The molecule has 0 aromatic heterocycles. The Morgan fingerprint density at radius 3 is 2.40 bits per heavy atom. The van der Waals surface area contributed by atoms with E-state index in [2.05, 4.69) is 4.74 Å². The van der Waals surface area contributed by atoms with Gasteiger partial charge in [0.1, 0.15) is 0 Å². The Bertz CT molecular complexity index is 185. The highest BCUT2D eigenvalue weighted by Crippen LogP contribution is 2.33. The number of carbonyl (C=O) groups is 2. The Hall–Kier alpha value is -0.860. The van der Waals surface area contributed by atoms with Crippen LogP contribution in [0.25, 0.3) is 0 Å². The molecular formula is C7H10O3. The minimum atomic E-state index is -0.545. The van der Waals surface area contributed by atoms with Gasteiger partial charge >= 0.3 is 11.9 Å². The molecule has 1 aliphatic rings. The lowest BCUT2D eigenvalue weighted by Crippen LogP contribution is -2.20. The van der Waals surface area contributed by atoms with Crippen molar-refractivity contribution in [3.8, 4) is 0 Å². The van der Waals surface area contributed by atoms with Crippen LogP contribution in [-0.2, 0) is 14.3 Å². The van der Waals surface area contributed by atoms with Crippen LogP contribution in [0.4, 0.5) is 0 Å². The van der Waals surface area contributed by atoms with Gasteiger partial charge in [-0.25, -0.2) is 0 Å². The van der Waals surface area contributed by atoms with E-state index in [1.807, 2.05) is 6.92 Å². The van der Waals surface area contributed by atoms with Gasteiger partial charge in [0.15, 0.2) is 0 Å². The summed E-state index contributed by atoms with van der Waals surface area (Å²) in [5.74, 6) is -0.769. The highest BCUT2D eigenvalue weighted by Gasteiger charge is 2.43. The minimum absolute atomic E-state index is 0.238. The van der Waals surface area contributed by atoms with Crippen molar-refractivity contribution in [2.45, 2.75) is 26.7 Å². The molecule has 1 rings (SSSR count). The van der Waals surface area contributed by atoms with E-state index in [1.54, 1.807) is 6.92 Å². The largest absolute Gasteiger partial charge is 0.393 e. The van der Waals surface area contributed by atoms with Crippen molar-refractivity contribution in [3.05, 3.63) is 0 Å². The lowest BCUT2D eigenvalue weighted by atomic mass is 9.86. The van der Waals surface area contributed by atoms with Crippen LogP contribution in [0.2, 0.25) is 0 Å². The second-order valence-electron chi connectivity index (χ2n) is 2.85. The average Bonchev–Trinajstić information content (AvgIpc) is 2.09. The molecule has 1 atom stereocenters. The first-order chi connectivity index (χ1) is 4.58. The Kier molecular flexibility index (Phi) is 1.50. The van der Waals surface area contributed by atoms with Crippen LogP contribution in [0, 0.1) is 5.41 Å². The van der Waals surface area contributed by atoms with E-state index in [1.165, 1.54) is 0 Å². The van der Waals surface area contributed by atoms with Crippen molar-refractivity contribution in [2.75, 3.05) is 0 Å². The molecule has 0 aliphatic carbocycles. The quantitative estimate of drug-likeness (QED) is 0.403. The molecule has 1 saturated heterocycles. The molecule has 0 amide bonds. The molecule has 1 aliphatic heterocycles. The van der Waals surface area contributed by atoms with Gasteiger partial charge in [-0.2, -0.15) is 0 Å². The molecule has 0 N–H and O–H groups in total. The Morgan fingerprint density at radius 1 is 1.60 bits per heavy atom. The van der Waals surface area contributed by atoms with E-state index in [4.69, 9.17) is 0 Å². The summed E-state index contributed by atoms with van der Waals surface area (Å²) < 4.78 is 4.39. The summed E-state index contributed by atoms with van der Waals surface area (Å²) in [7, 11) is 0. The third-order valence-electron chi connectivity index (χ3n) is 2.01. The van der Waals surface area contributed by atoms with Crippen LogP contribution in [-0.4, -0.2) is 11.9 Å². The van der Waals surface area contributed by atoms with Crippen molar-refractivity contribution in [3.63, 3.8) is 0 Å². The number of carbonyl (C=O) groups excluding carboxylic acids is 2. The summed E-state index contributed by atoms with van der Waals surface area (Å²) >= 11 is 0. The van der Waals surface area contributed by atoms with E-state index >= 15 is 0 Å². The SMILES string of the molecule is CCC1(C)CC(=O)OC1=O. The van der Waals surface area contributed by atoms with Crippen molar-refractivity contribution in [1.82, 2.24) is 0 Å². The van der Waals surface area contributed by atoms with Crippen LogP contribution >= 0.6 is 0 Å². The van der Waals surface area contributed by atoms with Crippen LogP contribution in [0.15, 0.2) is 0 Å². The van der Waals surface area contributed by atoms with Crippen molar-refractivity contribution in [2.24, 2.45) is 5.41 Å². The van der Waals surface area contributed by atoms with E-state index < -0.39 is 11.4 Å². The highest BCUT2D eigenvalue weighted by molar-refractivity contribution is 5.97. The van der Waals surface area contributed by atoms with Gasteiger partial charge in [0.05, 0.1) is 11.8 Å². The zero-order chi connectivity index (χ0) is 7.78. The third-order valence-corrected chi connectivity index (χ3v) is 2.01. The summed E-state index contributed by atoms with van der Waals surface area (Å²) in [6.45, 7) is 3.63. The maximum atomic E-state index is 10.9. The van der Waals surface area contributed by atoms with Gasteiger partial charge in [0, 0.05) is 0 Å². The molecule has 0 bridgehead atoms. The van der Waals surface area contributed by atoms with E-state index in [-0.39, 0.29) is 12.4 Å². The fraction of sp³-hybridized carbons (Fsp3) is 0.714. The highest BCUT2D eigenvalue weighted by atomic mass is 16.6. The summed E-state index contributed by atoms with van der Waals surface area (Å²) in [5, 5.41) is 0. The lowest BCUT2D eigenvalue weighted by Gasteiger charge is -2.12. The van der Waals surface area contributed by atoms with Gasteiger partial charge in [0.2, 0.25) is 0 Å². The Morgan fingerprint density at radius 2 is 2.20 bits per heavy atom. The van der Waals surface area contributed by atoms with E-state index in [0.29, 0.717) is 6.42 Å². The maximum Gasteiger partial charge on any atom is 0.320 e. The molecule has 0 spiro atoms. The number of esters is 2.